The molecule has 0 aliphatic carbocycles. The first-order chi connectivity index (χ1) is 9.69. The lowest BCUT2D eigenvalue weighted by Gasteiger charge is -2.13. The Balaban J connectivity index is 2.05. The molecule has 4 heteroatoms. The standard InChI is InChI=1S/C16H17N3O/c1-3-19-15(8-11(2)18-19)16(20)13-9-12-6-4-5-7-14(12)17-10-13/h4-10,16,20H,3H2,1-2H3. The minimum Gasteiger partial charge on any atom is -0.382 e. The molecule has 0 aliphatic heterocycles. The van der Waals surface area contributed by atoms with Gasteiger partial charge < -0.3 is 5.11 Å². The molecule has 1 unspecified atom stereocenters. The van der Waals surface area contributed by atoms with Gasteiger partial charge in [0.05, 0.1) is 16.9 Å². The number of benzene rings is 1. The van der Waals surface area contributed by atoms with Crippen molar-refractivity contribution in [3.8, 4) is 0 Å². The van der Waals surface area contributed by atoms with Crippen molar-refractivity contribution >= 4 is 10.9 Å². The van der Waals surface area contributed by atoms with Gasteiger partial charge in [-0.3, -0.25) is 9.67 Å². The molecule has 1 N–H and O–H groups in total. The van der Waals surface area contributed by atoms with Crippen LogP contribution in [-0.2, 0) is 6.54 Å². The molecule has 20 heavy (non-hydrogen) atoms. The second-order valence-corrected chi connectivity index (χ2v) is 4.89. The summed E-state index contributed by atoms with van der Waals surface area (Å²) in [6, 6.07) is 11.8. The molecule has 102 valence electrons. The van der Waals surface area contributed by atoms with E-state index in [-0.39, 0.29) is 0 Å². The zero-order valence-electron chi connectivity index (χ0n) is 11.6. The molecule has 0 radical (unpaired) electrons. The number of aryl methyl sites for hydroxylation is 2. The maximum absolute atomic E-state index is 10.6. The molecule has 3 aromatic rings. The Bertz CT molecular complexity index is 748. The second-order valence-electron chi connectivity index (χ2n) is 4.89. The summed E-state index contributed by atoms with van der Waals surface area (Å²) in [5, 5.41) is 16.0. The Kier molecular flexibility index (Phi) is 3.24. The lowest BCUT2D eigenvalue weighted by atomic mass is 10.1. The Morgan fingerprint density at radius 3 is 2.85 bits per heavy atom. The summed E-state index contributed by atoms with van der Waals surface area (Å²) in [4.78, 5) is 4.40. The number of aliphatic hydroxyl groups excluding tert-OH is 1. The van der Waals surface area contributed by atoms with Crippen molar-refractivity contribution < 1.29 is 5.11 Å². The molecule has 0 amide bonds. The normalized spacial score (nSPS) is 12.8. The third kappa shape index (κ3) is 2.18. The molecule has 0 saturated carbocycles. The van der Waals surface area contributed by atoms with Gasteiger partial charge in [0.1, 0.15) is 6.10 Å². The van der Waals surface area contributed by atoms with Gasteiger partial charge in [0.2, 0.25) is 0 Å². The molecule has 4 nitrogen and oxygen atoms in total. The maximum atomic E-state index is 10.6. The van der Waals surface area contributed by atoms with Crippen LogP contribution in [0.15, 0.2) is 42.6 Å². The number of hydrogen-bond acceptors (Lipinski definition) is 3. The maximum Gasteiger partial charge on any atom is 0.122 e. The van der Waals surface area contributed by atoms with E-state index in [4.69, 9.17) is 0 Å². The highest BCUT2D eigenvalue weighted by Gasteiger charge is 2.17. The lowest BCUT2D eigenvalue weighted by Crippen LogP contribution is -2.09. The molecule has 0 saturated heterocycles. The monoisotopic (exact) mass is 267 g/mol. The highest BCUT2D eigenvalue weighted by molar-refractivity contribution is 5.78. The fourth-order valence-electron chi connectivity index (χ4n) is 2.45. The van der Waals surface area contributed by atoms with E-state index in [1.54, 1.807) is 6.20 Å². The molecular formula is C16H17N3O. The summed E-state index contributed by atoms with van der Waals surface area (Å²) in [6.45, 7) is 4.68. The van der Waals surface area contributed by atoms with Crippen molar-refractivity contribution in [2.24, 2.45) is 0 Å². The molecular weight excluding hydrogens is 250 g/mol. The molecule has 0 bridgehead atoms. The Morgan fingerprint density at radius 2 is 2.05 bits per heavy atom. The van der Waals surface area contributed by atoms with Gasteiger partial charge in [0.15, 0.2) is 0 Å². The largest absolute Gasteiger partial charge is 0.382 e. The Hall–Kier alpha value is -2.20. The van der Waals surface area contributed by atoms with Crippen molar-refractivity contribution in [1.82, 2.24) is 14.8 Å². The van der Waals surface area contributed by atoms with E-state index in [1.165, 1.54) is 0 Å². The molecule has 0 fully saturated rings. The highest BCUT2D eigenvalue weighted by Crippen LogP contribution is 2.24. The smallest absolute Gasteiger partial charge is 0.122 e. The zero-order chi connectivity index (χ0) is 14.1. The number of aromatic nitrogens is 3. The number of fused-ring (bicyclic) bond motifs is 1. The van der Waals surface area contributed by atoms with Gasteiger partial charge in [-0.1, -0.05) is 18.2 Å². The van der Waals surface area contributed by atoms with Gasteiger partial charge in [0, 0.05) is 23.7 Å². The average Bonchev–Trinajstić information content (AvgIpc) is 2.87. The molecule has 0 aliphatic rings. The van der Waals surface area contributed by atoms with Crippen molar-refractivity contribution in [2.75, 3.05) is 0 Å². The van der Waals surface area contributed by atoms with Gasteiger partial charge in [-0.05, 0) is 32.0 Å². The van der Waals surface area contributed by atoms with Crippen LogP contribution in [0.3, 0.4) is 0 Å². The van der Waals surface area contributed by atoms with Crippen molar-refractivity contribution in [1.29, 1.82) is 0 Å². The Labute approximate surface area is 117 Å². The number of rotatable bonds is 3. The Morgan fingerprint density at radius 1 is 1.25 bits per heavy atom. The van der Waals surface area contributed by atoms with E-state index < -0.39 is 6.10 Å². The second kappa shape index (κ2) is 5.06. The SMILES string of the molecule is CCn1nc(C)cc1C(O)c1cnc2ccccc2c1. The van der Waals surface area contributed by atoms with Gasteiger partial charge >= 0.3 is 0 Å². The van der Waals surface area contributed by atoms with Crippen LogP contribution in [0.25, 0.3) is 10.9 Å². The number of hydrogen-bond donors (Lipinski definition) is 1. The predicted octanol–water partition coefficient (Wildman–Crippen LogP) is 2.84. The molecule has 2 heterocycles. The molecule has 3 rings (SSSR count). The van der Waals surface area contributed by atoms with Gasteiger partial charge in [0.25, 0.3) is 0 Å². The first-order valence-corrected chi connectivity index (χ1v) is 6.76. The minimum atomic E-state index is -0.701. The third-order valence-electron chi connectivity index (χ3n) is 3.44. The number of aliphatic hydroxyl groups is 1. The van der Waals surface area contributed by atoms with Crippen molar-refractivity contribution in [3.05, 3.63) is 59.5 Å². The fraction of sp³-hybridized carbons (Fsp3) is 0.250. The zero-order valence-corrected chi connectivity index (χ0v) is 11.6. The summed E-state index contributed by atoms with van der Waals surface area (Å²) in [5.74, 6) is 0. The van der Waals surface area contributed by atoms with Crippen LogP contribution in [-0.4, -0.2) is 19.9 Å². The van der Waals surface area contributed by atoms with Crippen molar-refractivity contribution in [2.45, 2.75) is 26.5 Å². The topological polar surface area (TPSA) is 50.9 Å². The molecule has 0 spiro atoms. The van der Waals surface area contributed by atoms with Crippen LogP contribution in [0, 0.1) is 6.92 Å². The van der Waals surface area contributed by atoms with Gasteiger partial charge in [-0.2, -0.15) is 5.10 Å². The van der Waals surface area contributed by atoms with Crippen molar-refractivity contribution in [3.63, 3.8) is 0 Å². The number of para-hydroxylation sites is 1. The molecule has 1 aromatic carbocycles. The number of pyridine rings is 1. The summed E-state index contributed by atoms with van der Waals surface area (Å²) >= 11 is 0. The van der Waals surface area contributed by atoms with Crippen LogP contribution < -0.4 is 0 Å². The quantitative estimate of drug-likeness (QED) is 0.794. The third-order valence-corrected chi connectivity index (χ3v) is 3.44. The first kappa shape index (κ1) is 12.8. The first-order valence-electron chi connectivity index (χ1n) is 6.76. The minimum absolute atomic E-state index is 0.701. The summed E-state index contributed by atoms with van der Waals surface area (Å²) in [6.07, 6.45) is 1.03. The van der Waals surface area contributed by atoms with E-state index in [2.05, 4.69) is 10.1 Å². The summed E-state index contributed by atoms with van der Waals surface area (Å²) in [5.41, 5.74) is 3.44. The average molecular weight is 267 g/mol. The predicted molar refractivity (Wildman–Crippen MR) is 78.4 cm³/mol. The van der Waals surface area contributed by atoms with E-state index in [1.807, 2.05) is 54.9 Å². The van der Waals surface area contributed by atoms with Crippen LogP contribution >= 0.6 is 0 Å². The molecule has 1 atom stereocenters. The van der Waals surface area contributed by atoms with Gasteiger partial charge in [-0.25, -0.2) is 0 Å². The summed E-state index contributed by atoms with van der Waals surface area (Å²) in [7, 11) is 0. The van der Waals surface area contributed by atoms with E-state index in [0.717, 1.165) is 34.4 Å². The van der Waals surface area contributed by atoms with Crippen LogP contribution in [0.5, 0.6) is 0 Å². The van der Waals surface area contributed by atoms with Crippen LogP contribution in [0.1, 0.15) is 30.0 Å². The van der Waals surface area contributed by atoms with Crippen LogP contribution in [0.4, 0.5) is 0 Å². The van der Waals surface area contributed by atoms with Gasteiger partial charge in [-0.15, -0.1) is 0 Å². The fourth-order valence-corrected chi connectivity index (χ4v) is 2.45. The van der Waals surface area contributed by atoms with E-state index in [9.17, 15) is 5.11 Å². The van der Waals surface area contributed by atoms with Crippen LogP contribution in [0.2, 0.25) is 0 Å². The van der Waals surface area contributed by atoms with E-state index in [0.29, 0.717) is 0 Å². The molecule has 2 aromatic heterocycles. The van der Waals surface area contributed by atoms with E-state index >= 15 is 0 Å². The lowest BCUT2D eigenvalue weighted by molar-refractivity contribution is 0.208. The highest BCUT2D eigenvalue weighted by atomic mass is 16.3. The number of nitrogens with zero attached hydrogens (tertiary/aromatic N) is 3. The summed E-state index contributed by atoms with van der Waals surface area (Å²) < 4.78 is 1.83.